The maximum absolute atomic E-state index is 12.5. The van der Waals surface area contributed by atoms with Gasteiger partial charge >= 0.3 is 12.0 Å². The summed E-state index contributed by atoms with van der Waals surface area (Å²) in [7, 11) is 0. The number of hydrogen-bond acceptors (Lipinski definition) is 6. The highest BCUT2D eigenvalue weighted by Crippen LogP contribution is 2.25. The highest BCUT2D eigenvalue weighted by atomic mass is 32.2. The normalized spacial score (nSPS) is 16.4. The molecule has 0 unspecified atom stereocenters. The lowest BCUT2D eigenvalue weighted by Gasteiger charge is -2.28. The second-order valence-electron chi connectivity index (χ2n) is 6.56. The number of benzene rings is 1. The highest BCUT2D eigenvalue weighted by molar-refractivity contribution is 7.99. The number of thioether (sulfide) groups is 1. The van der Waals surface area contributed by atoms with E-state index in [0.717, 1.165) is 16.5 Å². The summed E-state index contributed by atoms with van der Waals surface area (Å²) in [6.45, 7) is 6.51. The van der Waals surface area contributed by atoms with Gasteiger partial charge in [0.25, 0.3) is 0 Å². The molecule has 0 saturated carbocycles. The maximum Gasteiger partial charge on any atom is 0.337 e. The van der Waals surface area contributed by atoms with Crippen LogP contribution in [0, 0.1) is 6.92 Å². The fourth-order valence-electron chi connectivity index (χ4n) is 3.13. The van der Waals surface area contributed by atoms with Gasteiger partial charge in [-0.05, 0) is 25.8 Å². The summed E-state index contributed by atoms with van der Waals surface area (Å²) in [6, 6.07) is 9.37. The first-order valence-corrected chi connectivity index (χ1v) is 10.6. The molecule has 2 heterocycles. The largest absolute Gasteiger partial charge is 0.463 e. The van der Waals surface area contributed by atoms with E-state index in [4.69, 9.17) is 4.74 Å². The van der Waals surface area contributed by atoms with Gasteiger partial charge in [0.05, 0.1) is 24.8 Å². The van der Waals surface area contributed by atoms with Crippen molar-refractivity contribution in [2.24, 2.45) is 0 Å². The number of nitrogens with one attached hydrogen (secondary N) is 2. The van der Waals surface area contributed by atoms with Gasteiger partial charge in [-0.1, -0.05) is 49.0 Å². The molecule has 1 aromatic heterocycles. The van der Waals surface area contributed by atoms with Crippen molar-refractivity contribution in [2.75, 3.05) is 12.4 Å². The second kappa shape index (κ2) is 9.60. The van der Waals surface area contributed by atoms with Gasteiger partial charge in [-0.2, -0.15) is 0 Å². The minimum atomic E-state index is -0.413. The van der Waals surface area contributed by atoms with E-state index in [1.165, 1.54) is 11.8 Å². The Morgan fingerprint density at radius 3 is 2.69 bits per heavy atom. The molecule has 2 amide bonds. The monoisotopic (exact) mass is 415 g/mol. The number of nitrogens with zero attached hydrogens (tertiary/aromatic N) is 3. The van der Waals surface area contributed by atoms with Crippen molar-refractivity contribution in [1.29, 1.82) is 0 Å². The number of esters is 1. The fraction of sp³-hybridized carbons (Fsp3) is 0.400. The zero-order valence-corrected chi connectivity index (χ0v) is 17.6. The summed E-state index contributed by atoms with van der Waals surface area (Å²) in [6.07, 6.45) is 0.596. The molecular formula is C20H25N5O3S. The van der Waals surface area contributed by atoms with E-state index in [-0.39, 0.29) is 18.7 Å². The quantitative estimate of drug-likeness (QED) is 0.508. The van der Waals surface area contributed by atoms with Gasteiger partial charge in [0.15, 0.2) is 5.16 Å². The van der Waals surface area contributed by atoms with Crippen LogP contribution in [0.4, 0.5) is 4.79 Å². The maximum atomic E-state index is 12.5. The average molecular weight is 416 g/mol. The average Bonchev–Trinajstić information content (AvgIpc) is 3.06. The third-order valence-electron chi connectivity index (χ3n) is 4.58. The van der Waals surface area contributed by atoms with Gasteiger partial charge in [0.2, 0.25) is 0 Å². The third kappa shape index (κ3) is 4.97. The van der Waals surface area contributed by atoms with Gasteiger partial charge in [0, 0.05) is 11.4 Å². The van der Waals surface area contributed by atoms with Crippen LogP contribution in [0.1, 0.15) is 31.7 Å². The van der Waals surface area contributed by atoms with Crippen LogP contribution in [0.5, 0.6) is 0 Å². The Kier molecular flexibility index (Phi) is 6.92. The van der Waals surface area contributed by atoms with Gasteiger partial charge < -0.3 is 19.9 Å². The number of carbonyl (C=O) groups is 2. The number of rotatable bonds is 8. The minimum Gasteiger partial charge on any atom is -0.463 e. The molecule has 2 N–H and O–H groups in total. The van der Waals surface area contributed by atoms with Crippen molar-refractivity contribution in [1.82, 2.24) is 25.4 Å². The Morgan fingerprint density at radius 2 is 2.00 bits per heavy atom. The van der Waals surface area contributed by atoms with Crippen molar-refractivity contribution < 1.29 is 14.3 Å². The van der Waals surface area contributed by atoms with Crippen molar-refractivity contribution in [3.63, 3.8) is 0 Å². The standard InChI is InChI=1S/C20H25N5O3S/c1-4-15-17(18(26)28-5-2)16(22-19(27)21-15)12-29-20-24-23-13(3)25(20)11-14-9-7-6-8-10-14/h6-10,15H,4-5,11-12H2,1-3H3,(H2,21,22,27)/t15-/m0/s1. The molecule has 1 aromatic carbocycles. The van der Waals surface area contributed by atoms with Crippen LogP contribution in [-0.2, 0) is 16.1 Å². The lowest BCUT2D eigenvalue weighted by molar-refractivity contribution is -0.139. The number of ether oxygens (including phenoxy) is 1. The Bertz CT molecular complexity index is 910. The molecule has 1 atom stereocenters. The first-order valence-electron chi connectivity index (χ1n) is 9.57. The van der Waals surface area contributed by atoms with E-state index < -0.39 is 5.97 Å². The van der Waals surface area contributed by atoms with Crippen LogP contribution in [0.3, 0.4) is 0 Å². The number of aromatic nitrogens is 3. The van der Waals surface area contributed by atoms with Crippen molar-refractivity contribution in [3.8, 4) is 0 Å². The number of hydrogen-bond donors (Lipinski definition) is 2. The van der Waals surface area contributed by atoms with Gasteiger partial charge in [0.1, 0.15) is 5.82 Å². The molecule has 154 valence electrons. The first-order chi connectivity index (χ1) is 14.0. The van der Waals surface area contributed by atoms with E-state index in [0.29, 0.717) is 30.0 Å². The molecule has 1 aliphatic heterocycles. The van der Waals surface area contributed by atoms with E-state index in [1.807, 2.05) is 48.7 Å². The predicted octanol–water partition coefficient (Wildman–Crippen LogP) is 2.64. The van der Waals surface area contributed by atoms with Gasteiger partial charge in [-0.3, -0.25) is 0 Å². The molecule has 9 heteroatoms. The summed E-state index contributed by atoms with van der Waals surface area (Å²) in [5.74, 6) is 0.770. The molecule has 29 heavy (non-hydrogen) atoms. The van der Waals surface area contributed by atoms with Crippen LogP contribution in [0.15, 0.2) is 46.8 Å². The number of carbonyl (C=O) groups excluding carboxylic acids is 2. The van der Waals surface area contributed by atoms with Crippen LogP contribution in [0.25, 0.3) is 0 Å². The molecule has 2 aromatic rings. The van der Waals surface area contributed by atoms with Crippen molar-refractivity contribution >= 4 is 23.8 Å². The topological polar surface area (TPSA) is 98.1 Å². The van der Waals surface area contributed by atoms with Crippen LogP contribution in [0.2, 0.25) is 0 Å². The van der Waals surface area contributed by atoms with E-state index in [2.05, 4.69) is 20.8 Å². The van der Waals surface area contributed by atoms with Crippen LogP contribution in [-0.4, -0.2) is 45.2 Å². The fourth-order valence-corrected chi connectivity index (χ4v) is 4.08. The van der Waals surface area contributed by atoms with E-state index in [9.17, 15) is 9.59 Å². The van der Waals surface area contributed by atoms with Crippen LogP contribution >= 0.6 is 11.8 Å². The summed E-state index contributed by atoms with van der Waals surface area (Å²) in [4.78, 5) is 24.5. The van der Waals surface area contributed by atoms with Crippen LogP contribution < -0.4 is 10.6 Å². The number of amides is 2. The lowest BCUT2D eigenvalue weighted by atomic mass is 10.0. The number of aryl methyl sites for hydroxylation is 1. The number of urea groups is 1. The minimum absolute atomic E-state index is 0.276. The third-order valence-corrected chi connectivity index (χ3v) is 5.57. The van der Waals surface area contributed by atoms with Crippen molar-refractivity contribution in [3.05, 3.63) is 53.0 Å². The molecule has 0 radical (unpaired) electrons. The Balaban J connectivity index is 1.83. The summed E-state index contributed by atoms with van der Waals surface area (Å²) < 4.78 is 7.23. The highest BCUT2D eigenvalue weighted by Gasteiger charge is 2.31. The molecule has 0 spiro atoms. The Labute approximate surface area is 174 Å². The Morgan fingerprint density at radius 1 is 1.24 bits per heavy atom. The van der Waals surface area contributed by atoms with E-state index >= 15 is 0 Å². The predicted molar refractivity (Wildman–Crippen MR) is 110 cm³/mol. The molecule has 0 bridgehead atoms. The SMILES string of the molecule is CCOC(=O)C1=C(CSc2nnc(C)n2Cc2ccccc2)NC(=O)N[C@H]1CC. The smallest absolute Gasteiger partial charge is 0.337 e. The molecule has 3 rings (SSSR count). The van der Waals surface area contributed by atoms with Gasteiger partial charge in [-0.15, -0.1) is 10.2 Å². The molecule has 1 aliphatic rings. The molecule has 0 aliphatic carbocycles. The van der Waals surface area contributed by atoms with Gasteiger partial charge in [-0.25, -0.2) is 9.59 Å². The zero-order valence-electron chi connectivity index (χ0n) is 16.8. The zero-order chi connectivity index (χ0) is 20.8. The first kappa shape index (κ1) is 20.9. The molecule has 0 saturated heterocycles. The van der Waals surface area contributed by atoms with E-state index in [1.54, 1.807) is 6.92 Å². The molecule has 0 fully saturated rings. The lowest BCUT2D eigenvalue weighted by Crippen LogP contribution is -2.50. The summed E-state index contributed by atoms with van der Waals surface area (Å²) in [5.41, 5.74) is 2.16. The molecule has 8 nitrogen and oxygen atoms in total. The van der Waals surface area contributed by atoms with Crippen molar-refractivity contribution in [2.45, 2.75) is 44.9 Å². The Hall–Kier alpha value is -2.81. The second-order valence-corrected chi connectivity index (χ2v) is 7.50. The summed E-state index contributed by atoms with van der Waals surface area (Å²) in [5, 5.41) is 14.7. The summed E-state index contributed by atoms with van der Waals surface area (Å²) >= 11 is 1.43. The molecular weight excluding hydrogens is 390 g/mol.